The van der Waals surface area contributed by atoms with Crippen molar-refractivity contribution in [3.05, 3.63) is 77.9 Å². The van der Waals surface area contributed by atoms with Crippen LogP contribution >= 0.6 is 11.8 Å². The molecule has 276 valence electrons. The third-order valence-corrected chi connectivity index (χ3v) is 11.4. The molecule has 4 N–H and O–H groups in total. The van der Waals surface area contributed by atoms with Crippen molar-refractivity contribution in [3.8, 4) is 5.75 Å². The highest BCUT2D eigenvalue weighted by Gasteiger charge is 2.42. The summed E-state index contributed by atoms with van der Waals surface area (Å²) in [6, 6.07) is 18.7. The molecular formula is C38H50N4O7S2. The summed E-state index contributed by atoms with van der Waals surface area (Å²) in [5.74, 6) is -2.24. The lowest BCUT2D eigenvalue weighted by Gasteiger charge is -2.37. The summed E-state index contributed by atoms with van der Waals surface area (Å²) in [6.07, 6.45) is 6.89. The Labute approximate surface area is 306 Å². The molecule has 3 aromatic rings. The van der Waals surface area contributed by atoms with Crippen LogP contribution < -0.4 is 25.0 Å². The van der Waals surface area contributed by atoms with Crippen LogP contribution in [0, 0.1) is 5.92 Å². The molecule has 0 radical (unpaired) electrons. The summed E-state index contributed by atoms with van der Waals surface area (Å²) in [7, 11) is -4.01. The number of fused-ring (bicyclic) bond motifs is 1. The molecule has 0 aliphatic carbocycles. The number of anilines is 2. The highest BCUT2D eigenvalue weighted by molar-refractivity contribution is 7.98. The van der Waals surface area contributed by atoms with E-state index < -0.39 is 46.0 Å². The number of ether oxygens (including phenoxy) is 1. The second-order valence-corrected chi connectivity index (χ2v) is 15.7. The van der Waals surface area contributed by atoms with E-state index in [1.807, 2.05) is 42.7 Å². The quantitative estimate of drug-likeness (QED) is 0.114. The van der Waals surface area contributed by atoms with Crippen molar-refractivity contribution in [2.24, 2.45) is 5.92 Å². The van der Waals surface area contributed by atoms with Crippen molar-refractivity contribution in [1.29, 1.82) is 0 Å². The molecule has 3 aromatic carbocycles. The number of rotatable bonds is 17. The van der Waals surface area contributed by atoms with E-state index in [-0.39, 0.29) is 28.7 Å². The number of thioether (sulfide) groups is 1. The van der Waals surface area contributed by atoms with Crippen molar-refractivity contribution in [2.75, 3.05) is 24.3 Å². The van der Waals surface area contributed by atoms with Crippen LogP contribution in [0.4, 0.5) is 11.4 Å². The van der Waals surface area contributed by atoms with Gasteiger partial charge in [-0.2, -0.15) is 0 Å². The van der Waals surface area contributed by atoms with E-state index >= 15 is 0 Å². The number of aliphatic carboxylic acids is 1. The van der Waals surface area contributed by atoms with Crippen LogP contribution in [0.5, 0.6) is 5.75 Å². The van der Waals surface area contributed by atoms with Gasteiger partial charge in [-0.1, -0.05) is 89.8 Å². The highest BCUT2D eigenvalue weighted by atomic mass is 32.2. The zero-order valence-electron chi connectivity index (χ0n) is 30.0. The summed E-state index contributed by atoms with van der Waals surface area (Å²) >= 11 is 1.39. The molecule has 2 amide bonds. The summed E-state index contributed by atoms with van der Waals surface area (Å²) < 4.78 is 37.6. The van der Waals surface area contributed by atoms with Crippen LogP contribution in [-0.2, 0) is 26.2 Å². The van der Waals surface area contributed by atoms with Crippen molar-refractivity contribution < 1.29 is 32.6 Å². The minimum absolute atomic E-state index is 0.00723. The van der Waals surface area contributed by atoms with E-state index in [0.29, 0.717) is 35.5 Å². The lowest BCUT2D eigenvalue weighted by Crippen LogP contribution is -2.53. The van der Waals surface area contributed by atoms with Gasteiger partial charge in [0, 0.05) is 30.4 Å². The third kappa shape index (κ3) is 10.0. The summed E-state index contributed by atoms with van der Waals surface area (Å²) in [4.78, 5) is 40.5. The molecule has 0 saturated heterocycles. The van der Waals surface area contributed by atoms with Crippen molar-refractivity contribution in [2.45, 2.75) is 94.1 Å². The van der Waals surface area contributed by atoms with Crippen molar-refractivity contribution >= 4 is 50.9 Å². The lowest BCUT2D eigenvalue weighted by molar-refractivity contribution is -0.140. The number of carboxylic acid groups (broad SMARTS) is 1. The number of nitrogens with one attached hydrogen (secondary N) is 3. The predicted octanol–water partition coefficient (Wildman–Crippen LogP) is 6.49. The molecular weight excluding hydrogens is 689 g/mol. The first-order chi connectivity index (χ1) is 24.3. The van der Waals surface area contributed by atoms with Gasteiger partial charge in [0.15, 0.2) is 6.61 Å². The molecule has 51 heavy (non-hydrogen) atoms. The van der Waals surface area contributed by atoms with Gasteiger partial charge in [0.1, 0.15) is 16.7 Å². The number of para-hydroxylation sites is 1. The summed E-state index contributed by atoms with van der Waals surface area (Å²) in [5, 5.41) is 14.8. The smallest absolute Gasteiger partial charge is 0.326 e. The van der Waals surface area contributed by atoms with Crippen LogP contribution in [-0.4, -0.2) is 62.3 Å². The van der Waals surface area contributed by atoms with Gasteiger partial charge in [-0.15, -0.1) is 11.8 Å². The molecule has 0 spiro atoms. The second-order valence-electron chi connectivity index (χ2n) is 13.2. The summed E-state index contributed by atoms with van der Waals surface area (Å²) in [6.45, 7) is 7.68. The number of hydrogen-bond acceptors (Lipinski definition) is 8. The second kappa shape index (κ2) is 17.9. The molecule has 1 atom stereocenters. The third-order valence-electron chi connectivity index (χ3n) is 9.04. The van der Waals surface area contributed by atoms with Crippen LogP contribution in [0.15, 0.2) is 76.5 Å². The molecule has 13 heteroatoms. The first-order valence-electron chi connectivity index (χ1n) is 17.4. The van der Waals surface area contributed by atoms with Gasteiger partial charge in [-0.05, 0) is 54.8 Å². The molecule has 0 fully saturated rings. The molecule has 1 aliphatic heterocycles. The van der Waals surface area contributed by atoms with Crippen molar-refractivity contribution in [1.82, 2.24) is 15.4 Å². The number of unbranched alkanes of at least 4 members (excludes halogenated alkanes) is 2. The Balaban J connectivity index is 1.59. The maximum absolute atomic E-state index is 14.2. The molecule has 0 aromatic heterocycles. The number of carbonyl (C=O) groups excluding carboxylic acids is 2. The highest BCUT2D eigenvalue weighted by Crippen LogP contribution is 2.44. The number of carboxylic acids is 1. The molecule has 0 unspecified atom stereocenters. The number of nitrogens with zero attached hydrogens (tertiary/aromatic N) is 1. The van der Waals surface area contributed by atoms with Gasteiger partial charge in [-0.3, -0.25) is 9.59 Å². The fourth-order valence-corrected chi connectivity index (χ4v) is 8.46. The fourth-order valence-electron chi connectivity index (χ4n) is 6.26. The minimum atomic E-state index is -4.01. The minimum Gasteiger partial charge on any atom is -0.483 e. The first kappa shape index (κ1) is 39.7. The zero-order chi connectivity index (χ0) is 37.2. The Morgan fingerprint density at radius 3 is 2.25 bits per heavy atom. The van der Waals surface area contributed by atoms with Gasteiger partial charge in [0.05, 0.1) is 16.1 Å². The normalized spacial score (nSPS) is 15.4. The standard InChI is InChI=1S/C38H50N4O7S2/c1-6-8-19-38(20-9-7-2)25-42(28-16-11-10-12-17-28)30-21-32(50-5)31(22-33(30)51(47,48)41-38)49-24-34(43)39-23-27-15-13-14-18-29(27)36(44)40-35(26(3)4)37(45)46/h10-18,21-22,26,35,41H,6-9,19-20,23-25H2,1-5H3,(H,39,43)(H,40,44)(H,45,46)/t35-/m0/s1. The lowest BCUT2D eigenvalue weighted by atomic mass is 9.87. The Kier molecular flexibility index (Phi) is 14.0. The molecule has 0 saturated carbocycles. The van der Waals surface area contributed by atoms with E-state index in [1.54, 1.807) is 38.1 Å². The van der Waals surface area contributed by atoms with Crippen LogP contribution in [0.25, 0.3) is 0 Å². The molecule has 11 nitrogen and oxygen atoms in total. The van der Waals surface area contributed by atoms with Crippen LogP contribution in [0.2, 0.25) is 0 Å². The van der Waals surface area contributed by atoms with E-state index in [4.69, 9.17) is 4.74 Å². The topological polar surface area (TPSA) is 154 Å². The molecule has 1 aliphatic rings. The maximum atomic E-state index is 14.2. The Morgan fingerprint density at radius 2 is 1.65 bits per heavy atom. The molecule has 1 heterocycles. The van der Waals surface area contributed by atoms with E-state index in [1.165, 1.54) is 17.8 Å². The number of sulfonamides is 1. The number of carbonyl (C=O) groups is 3. The van der Waals surface area contributed by atoms with E-state index in [2.05, 4.69) is 34.1 Å². The summed E-state index contributed by atoms with van der Waals surface area (Å²) in [5.41, 5.74) is 1.49. The maximum Gasteiger partial charge on any atom is 0.326 e. The van der Waals surface area contributed by atoms with Gasteiger partial charge in [0.2, 0.25) is 10.0 Å². The zero-order valence-corrected chi connectivity index (χ0v) is 31.7. The average molecular weight is 739 g/mol. The van der Waals surface area contributed by atoms with Gasteiger partial charge < -0.3 is 25.4 Å². The van der Waals surface area contributed by atoms with Gasteiger partial charge in [-0.25, -0.2) is 17.9 Å². The predicted molar refractivity (Wildman–Crippen MR) is 201 cm³/mol. The Morgan fingerprint density at radius 1 is 1.00 bits per heavy atom. The van der Waals surface area contributed by atoms with Gasteiger partial charge >= 0.3 is 5.97 Å². The largest absolute Gasteiger partial charge is 0.483 e. The van der Waals surface area contributed by atoms with Crippen LogP contribution in [0.1, 0.15) is 82.1 Å². The number of benzene rings is 3. The van der Waals surface area contributed by atoms with E-state index in [0.717, 1.165) is 31.4 Å². The van der Waals surface area contributed by atoms with Gasteiger partial charge in [0.25, 0.3) is 11.8 Å². The fraction of sp³-hybridized carbons (Fsp3) is 0.447. The van der Waals surface area contributed by atoms with Crippen molar-refractivity contribution in [3.63, 3.8) is 0 Å². The number of hydrogen-bond donors (Lipinski definition) is 4. The average Bonchev–Trinajstić information content (AvgIpc) is 3.21. The Hall–Kier alpha value is -4.07. The Bertz CT molecular complexity index is 1780. The molecule has 0 bridgehead atoms. The first-order valence-corrected chi connectivity index (χ1v) is 20.1. The monoisotopic (exact) mass is 738 g/mol. The molecule has 4 rings (SSSR count). The number of amides is 2. The van der Waals surface area contributed by atoms with Crippen LogP contribution in [0.3, 0.4) is 0 Å². The SMILES string of the molecule is CCCCC1(CCCC)CN(c2ccccc2)c2cc(SC)c(OCC(=O)NCc3ccccc3C(=O)N[C@H](C(=O)O)C(C)C)cc2S(=O)(=O)N1. The van der Waals surface area contributed by atoms with E-state index in [9.17, 15) is 27.9 Å².